The first-order chi connectivity index (χ1) is 14.2. The summed E-state index contributed by atoms with van der Waals surface area (Å²) in [6, 6.07) is 12.5. The first-order valence-electron chi connectivity index (χ1n) is 9.46. The third-order valence-corrected chi connectivity index (χ3v) is 5.77. The predicted octanol–water partition coefficient (Wildman–Crippen LogP) is 4.89. The van der Waals surface area contributed by atoms with Gasteiger partial charge in [0, 0.05) is 10.8 Å². The lowest BCUT2D eigenvalue weighted by molar-refractivity contribution is 0.174. The van der Waals surface area contributed by atoms with Crippen molar-refractivity contribution in [3.05, 3.63) is 69.9 Å². The van der Waals surface area contributed by atoms with Gasteiger partial charge in [0.05, 0.1) is 22.3 Å². The molecule has 1 aliphatic rings. The minimum Gasteiger partial charge on any atom is -0.454 e. The van der Waals surface area contributed by atoms with Crippen molar-refractivity contribution in [2.24, 2.45) is 0 Å². The van der Waals surface area contributed by atoms with Crippen molar-refractivity contribution < 1.29 is 9.47 Å². The molecule has 1 unspecified atom stereocenters. The quantitative estimate of drug-likeness (QED) is 0.511. The van der Waals surface area contributed by atoms with Gasteiger partial charge in [-0.2, -0.15) is 0 Å². The Bertz CT molecular complexity index is 1190. The van der Waals surface area contributed by atoms with Crippen LogP contribution in [0.1, 0.15) is 34.8 Å². The zero-order valence-electron chi connectivity index (χ0n) is 16.2. The van der Waals surface area contributed by atoms with Gasteiger partial charge in [0.25, 0.3) is 0 Å². The zero-order chi connectivity index (χ0) is 19.8. The van der Waals surface area contributed by atoms with Crippen LogP contribution in [0.15, 0.2) is 48.1 Å². The second kappa shape index (κ2) is 7.33. The summed E-state index contributed by atoms with van der Waals surface area (Å²) >= 11 is 1.66. The van der Waals surface area contributed by atoms with Crippen molar-refractivity contribution in [3.63, 3.8) is 0 Å². The van der Waals surface area contributed by atoms with Crippen LogP contribution in [0.3, 0.4) is 0 Å². The average molecular weight is 404 g/mol. The molecular weight excluding hydrogens is 384 g/mol. The van der Waals surface area contributed by atoms with Gasteiger partial charge >= 0.3 is 0 Å². The van der Waals surface area contributed by atoms with Crippen LogP contribution in [0, 0.1) is 6.92 Å². The number of nitrogens with zero attached hydrogens (tertiary/aromatic N) is 3. The van der Waals surface area contributed by atoms with Gasteiger partial charge in [-0.25, -0.2) is 15.0 Å². The molecule has 4 aromatic rings. The fourth-order valence-corrected chi connectivity index (χ4v) is 4.18. The van der Waals surface area contributed by atoms with Gasteiger partial charge in [-0.05, 0) is 55.7 Å². The monoisotopic (exact) mass is 404 g/mol. The van der Waals surface area contributed by atoms with E-state index in [0.29, 0.717) is 0 Å². The van der Waals surface area contributed by atoms with Crippen LogP contribution in [0.5, 0.6) is 11.5 Å². The van der Waals surface area contributed by atoms with E-state index in [-0.39, 0.29) is 12.8 Å². The van der Waals surface area contributed by atoms with E-state index in [0.717, 1.165) is 45.3 Å². The number of aryl methyl sites for hydroxylation is 1. The van der Waals surface area contributed by atoms with Crippen molar-refractivity contribution >= 4 is 28.1 Å². The highest BCUT2D eigenvalue weighted by molar-refractivity contribution is 7.09. The summed E-state index contributed by atoms with van der Waals surface area (Å²) in [5.74, 6) is 2.43. The Balaban J connectivity index is 1.43. The van der Waals surface area contributed by atoms with Crippen LogP contribution in [0.4, 0.5) is 5.82 Å². The van der Waals surface area contributed by atoms with Crippen molar-refractivity contribution in [3.8, 4) is 11.5 Å². The van der Waals surface area contributed by atoms with Gasteiger partial charge in [0.15, 0.2) is 11.5 Å². The number of hydrogen-bond donors (Lipinski definition) is 1. The molecule has 0 bridgehead atoms. The highest BCUT2D eigenvalue weighted by Crippen LogP contribution is 2.33. The standard InChI is InChI=1S/C22H20N4O2S/c1-13(19-10-29-14(2)26-19)25-22-17-8-15(3-5-18(17)23-11-24-22)7-16-4-6-20-21(9-16)28-12-27-20/h3-6,8-11,13H,7,12H2,1-2H3,(H,23,24,25). The summed E-state index contributed by atoms with van der Waals surface area (Å²) in [5.41, 5.74) is 4.30. The molecular formula is C22H20N4O2S. The van der Waals surface area contributed by atoms with Gasteiger partial charge in [-0.15, -0.1) is 11.3 Å². The first-order valence-corrected chi connectivity index (χ1v) is 10.3. The van der Waals surface area contributed by atoms with E-state index in [1.807, 2.05) is 25.1 Å². The van der Waals surface area contributed by atoms with Gasteiger partial charge in [-0.3, -0.25) is 0 Å². The molecule has 1 aliphatic heterocycles. The lowest BCUT2D eigenvalue weighted by atomic mass is 10.0. The third-order valence-electron chi connectivity index (χ3n) is 4.98. The molecule has 1 atom stereocenters. The summed E-state index contributed by atoms with van der Waals surface area (Å²) in [6.07, 6.45) is 2.39. The summed E-state index contributed by atoms with van der Waals surface area (Å²) in [7, 11) is 0. The van der Waals surface area contributed by atoms with Gasteiger partial charge in [-0.1, -0.05) is 12.1 Å². The van der Waals surface area contributed by atoms with Crippen LogP contribution in [0.25, 0.3) is 10.9 Å². The Morgan fingerprint density at radius 3 is 2.76 bits per heavy atom. The van der Waals surface area contributed by atoms with Crippen molar-refractivity contribution in [1.82, 2.24) is 15.0 Å². The van der Waals surface area contributed by atoms with Crippen molar-refractivity contribution in [2.75, 3.05) is 12.1 Å². The van der Waals surface area contributed by atoms with Crippen molar-refractivity contribution in [2.45, 2.75) is 26.3 Å². The molecule has 0 saturated heterocycles. The van der Waals surface area contributed by atoms with E-state index < -0.39 is 0 Å². The summed E-state index contributed by atoms with van der Waals surface area (Å²) < 4.78 is 10.9. The molecule has 5 rings (SSSR count). The maximum atomic E-state index is 5.50. The Hall–Kier alpha value is -3.19. The number of aromatic nitrogens is 3. The van der Waals surface area contributed by atoms with Crippen molar-refractivity contribution in [1.29, 1.82) is 0 Å². The molecule has 0 fully saturated rings. The van der Waals surface area contributed by atoms with Gasteiger partial charge < -0.3 is 14.8 Å². The highest BCUT2D eigenvalue weighted by Gasteiger charge is 2.15. The van der Waals surface area contributed by atoms with E-state index in [1.54, 1.807) is 17.7 Å². The van der Waals surface area contributed by atoms with E-state index in [9.17, 15) is 0 Å². The number of benzene rings is 2. The number of fused-ring (bicyclic) bond motifs is 2. The minimum atomic E-state index is 0.0653. The normalized spacial score (nSPS) is 13.6. The maximum absolute atomic E-state index is 5.50. The SMILES string of the molecule is Cc1nc(C(C)Nc2ncnc3ccc(Cc4ccc5c(c4)OCO5)cc23)cs1. The Morgan fingerprint density at radius 2 is 1.90 bits per heavy atom. The van der Waals surface area contributed by atoms with E-state index in [4.69, 9.17) is 9.47 Å². The zero-order valence-corrected chi connectivity index (χ0v) is 17.0. The number of hydrogen-bond acceptors (Lipinski definition) is 7. The third kappa shape index (κ3) is 3.61. The van der Waals surface area contributed by atoms with E-state index >= 15 is 0 Å². The van der Waals surface area contributed by atoms with Crippen LogP contribution in [0.2, 0.25) is 0 Å². The second-order valence-corrected chi connectivity index (χ2v) is 8.16. The highest BCUT2D eigenvalue weighted by atomic mass is 32.1. The van der Waals surface area contributed by atoms with Gasteiger partial charge in [0.2, 0.25) is 6.79 Å². The number of rotatable bonds is 5. The molecule has 1 N–H and O–H groups in total. The Kier molecular flexibility index (Phi) is 4.52. The minimum absolute atomic E-state index is 0.0653. The molecule has 3 heterocycles. The van der Waals surface area contributed by atoms with Crippen LogP contribution >= 0.6 is 11.3 Å². The molecule has 0 aliphatic carbocycles. The van der Waals surface area contributed by atoms with E-state index in [2.05, 4.69) is 50.8 Å². The van der Waals surface area contributed by atoms with Gasteiger partial charge in [0.1, 0.15) is 12.1 Å². The molecule has 2 aromatic carbocycles. The van der Waals surface area contributed by atoms with Crippen LogP contribution in [-0.4, -0.2) is 21.7 Å². The topological polar surface area (TPSA) is 69.2 Å². The molecule has 29 heavy (non-hydrogen) atoms. The molecule has 0 saturated carbocycles. The first kappa shape index (κ1) is 17.9. The summed E-state index contributed by atoms with van der Waals surface area (Å²) in [6.45, 7) is 4.40. The molecule has 146 valence electrons. The smallest absolute Gasteiger partial charge is 0.231 e. The molecule has 7 heteroatoms. The average Bonchev–Trinajstić information content (AvgIpc) is 3.37. The predicted molar refractivity (Wildman–Crippen MR) is 114 cm³/mol. The molecule has 0 radical (unpaired) electrons. The summed E-state index contributed by atoms with van der Waals surface area (Å²) in [5, 5.41) is 7.65. The van der Waals surface area contributed by atoms with E-state index in [1.165, 1.54) is 11.1 Å². The fourth-order valence-electron chi connectivity index (χ4n) is 3.47. The maximum Gasteiger partial charge on any atom is 0.231 e. The Morgan fingerprint density at radius 1 is 1.07 bits per heavy atom. The summed E-state index contributed by atoms with van der Waals surface area (Å²) in [4.78, 5) is 13.5. The number of nitrogens with one attached hydrogen (secondary N) is 1. The number of ether oxygens (including phenoxy) is 2. The molecule has 2 aromatic heterocycles. The lowest BCUT2D eigenvalue weighted by Gasteiger charge is -2.14. The Labute approximate surface area is 172 Å². The largest absolute Gasteiger partial charge is 0.454 e. The van der Waals surface area contributed by atoms with Crippen LogP contribution < -0.4 is 14.8 Å². The van der Waals surface area contributed by atoms with Crippen LogP contribution in [-0.2, 0) is 6.42 Å². The lowest BCUT2D eigenvalue weighted by Crippen LogP contribution is -2.09. The fraction of sp³-hybridized carbons (Fsp3) is 0.227. The molecule has 0 amide bonds. The second-order valence-electron chi connectivity index (χ2n) is 7.10. The molecule has 6 nitrogen and oxygen atoms in total. The number of thiazole rings is 1. The number of anilines is 1. The molecule has 0 spiro atoms.